The van der Waals surface area contributed by atoms with Crippen LogP contribution in [0.4, 0.5) is 0 Å². The molecule has 0 atom stereocenters. The van der Waals surface area contributed by atoms with Gasteiger partial charge in [0.05, 0.1) is 16.5 Å². The fourth-order valence-electron chi connectivity index (χ4n) is 1.52. The number of aromatic nitrogens is 1. The monoisotopic (exact) mass is 311 g/mol. The van der Waals surface area contributed by atoms with Gasteiger partial charge in [-0.05, 0) is 49.2 Å². The van der Waals surface area contributed by atoms with Gasteiger partial charge in [-0.25, -0.2) is 4.79 Å². The molecule has 3 nitrogen and oxygen atoms in total. The molecule has 1 N–H and O–H groups in total. The number of aryl methyl sites for hydroxylation is 1. The third kappa shape index (κ3) is 3.62. The number of carbonyl (C=O) groups excluding carboxylic acids is 1. The first-order chi connectivity index (χ1) is 9.10. The quantitative estimate of drug-likeness (QED) is 0.699. The molecule has 0 bridgehead atoms. The fraction of sp³-hybridized carbons (Fsp3) is 0.231. The Bertz CT molecular complexity index is 751. The summed E-state index contributed by atoms with van der Waals surface area (Å²) < 4.78 is 6.51. The number of rotatable bonds is 3. The highest BCUT2D eigenvalue weighted by Gasteiger charge is 2.00. The van der Waals surface area contributed by atoms with Gasteiger partial charge in [-0.2, -0.15) is 0 Å². The number of thiophene rings is 1. The van der Waals surface area contributed by atoms with Crippen LogP contribution >= 0.6 is 34.9 Å². The second-order valence-electron chi connectivity index (χ2n) is 3.80. The average molecular weight is 311 g/mol. The van der Waals surface area contributed by atoms with Crippen LogP contribution in [0.3, 0.4) is 0 Å². The average Bonchev–Trinajstić information content (AvgIpc) is 2.88. The van der Waals surface area contributed by atoms with Crippen LogP contribution in [0.2, 0.25) is 0 Å². The molecule has 19 heavy (non-hydrogen) atoms. The summed E-state index contributed by atoms with van der Waals surface area (Å²) in [5.41, 5.74) is 1.21. The molecule has 2 heterocycles. The lowest BCUT2D eigenvalue weighted by molar-refractivity contribution is -0.135. The summed E-state index contributed by atoms with van der Waals surface area (Å²) in [5.74, 6) is -0.357. The van der Waals surface area contributed by atoms with E-state index in [2.05, 4.69) is 18.0 Å². The fourth-order valence-corrected chi connectivity index (χ4v) is 3.59. The van der Waals surface area contributed by atoms with Gasteiger partial charge in [0.15, 0.2) is 3.95 Å². The molecule has 0 aliphatic rings. The van der Waals surface area contributed by atoms with Crippen LogP contribution in [-0.4, -0.2) is 17.6 Å². The van der Waals surface area contributed by atoms with Crippen molar-refractivity contribution < 1.29 is 9.53 Å². The van der Waals surface area contributed by atoms with Gasteiger partial charge in [-0.3, -0.25) is 0 Å². The molecule has 0 radical (unpaired) electrons. The molecule has 0 spiro atoms. The van der Waals surface area contributed by atoms with Crippen molar-refractivity contribution in [1.82, 2.24) is 4.98 Å². The Labute approximate surface area is 123 Å². The Morgan fingerprint density at radius 1 is 1.58 bits per heavy atom. The lowest BCUT2D eigenvalue weighted by Gasteiger charge is -1.93. The topological polar surface area (TPSA) is 42.1 Å². The Morgan fingerprint density at radius 2 is 2.37 bits per heavy atom. The lowest BCUT2D eigenvalue weighted by atomic mass is 10.3. The number of ether oxygens (including phenoxy) is 1. The molecule has 2 aromatic rings. The molecule has 0 fully saturated rings. The van der Waals surface area contributed by atoms with Gasteiger partial charge in [0.25, 0.3) is 0 Å². The SMILES string of the molecule is CCOC(=O)/C=c1\[nH]c(=S)s\c1=C/c1sccc1C. The number of hydrogen-bond acceptors (Lipinski definition) is 5. The van der Waals surface area contributed by atoms with Crippen LogP contribution < -0.4 is 9.88 Å². The Hall–Kier alpha value is -1.24. The van der Waals surface area contributed by atoms with Crippen molar-refractivity contribution >= 4 is 53.0 Å². The highest BCUT2D eigenvalue weighted by Crippen LogP contribution is 2.15. The highest BCUT2D eigenvalue weighted by molar-refractivity contribution is 7.73. The second-order valence-corrected chi connectivity index (χ2v) is 6.47. The number of hydrogen-bond donors (Lipinski definition) is 1. The molecule has 2 aromatic heterocycles. The first-order valence-electron chi connectivity index (χ1n) is 5.73. The van der Waals surface area contributed by atoms with Crippen LogP contribution in [0.5, 0.6) is 0 Å². The molecule has 0 aliphatic carbocycles. The number of thiazole rings is 1. The summed E-state index contributed by atoms with van der Waals surface area (Å²) in [6.45, 7) is 4.20. The van der Waals surface area contributed by atoms with E-state index in [1.165, 1.54) is 27.9 Å². The zero-order valence-electron chi connectivity index (χ0n) is 10.6. The lowest BCUT2D eigenvalue weighted by Crippen LogP contribution is -2.23. The molecule has 0 saturated heterocycles. The predicted molar refractivity (Wildman–Crippen MR) is 82.5 cm³/mol. The molecule has 0 aliphatic heterocycles. The van der Waals surface area contributed by atoms with E-state index in [1.54, 1.807) is 18.3 Å². The third-order valence-electron chi connectivity index (χ3n) is 2.42. The smallest absolute Gasteiger partial charge is 0.332 e. The number of nitrogens with one attached hydrogen (secondary N) is 1. The first-order valence-corrected chi connectivity index (χ1v) is 7.84. The van der Waals surface area contributed by atoms with Crippen LogP contribution in [0.15, 0.2) is 11.4 Å². The Kier molecular flexibility index (Phi) is 4.68. The van der Waals surface area contributed by atoms with Crippen LogP contribution in [0, 0.1) is 10.9 Å². The van der Waals surface area contributed by atoms with Crippen molar-refractivity contribution in [2.45, 2.75) is 13.8 Å². The zero-order chi connectivity index (χ0) is 13.8. The van der Waals surface area contributed by atoms with Crippen molar-refractivity contribution in [3.8, 4) is 0 Å². The van der Waals surface area contributed by atoms with E-state index < -0.39 is 0 Å². The van der Waals surface area contributed by atoms with Gasteiger partial charge >= 0.3 is 5.97 Å². The van der Waals surface area contributed by atoms with E-state index in [0.717, 1.165) is 4.53 Å². The maximum atomic E-state index is 11.5. The van der Waals surface area contributed by atoms with E-state index in [0.29, 0.717) is 15.9 Å². The molecule has 0 unspecified atom stereocenters. The van der Waals surface area contributed by atoms with Gasteiger partial charge in [0.1, 0.15) is 0 Å². The van der Waals surface area contributed by atoms with Crippen LogP contribution in [-0.2, 0) is 9.53 Å². The van der Waals surface area contributed by atoms with Crippen molar-refractivity contribution in [3.63, 3.8) is 0 Å². The summed E-state index contributed by atoms with van der Waals surface area (Å²) in [5, 5.41) is 2.75. The molecule has 0 saturated carbocycles. The normalized spacial score (nSPS) is 12.9. The summed E-state index contributed by atoms with van der Waals surface area (Å²) in [7, 11) is 0. The minimum absolute atomic E-state index is 0.357. The standard InChI is InChI=1S/C13H13NO2S3/c1-3-16-12(15)6-9-11(19-13(17)14-9)7-10-8(2)4-5-18-10/h4-7H,3H2,1-2H3,(H,14,17)/b9-6-,11-7-. The maximum absolute atomic E-state index is 11.5. The van der Waals surface area contributed by atoms with Gasteiger partial charge < -0.3 is 9.72 Å². The van der Waals surface area contributed by atoms with Crippen LogP contribution in [0.1, 0.15) is 17.4 Å². The van der Waals surface area contributed by atoms with Gasteiger partial charge in [0, 0.05) is 11.0 Å². The van der Waals surface area contributed by atoms with E-state index in [-0.39, 0.29) is 5.97 Å². The Balaban J connectivity index is 2.54. The molecule has 100 valence electrons. The van der Waals surface area contributed by atoms with Crippen molar-refractivity contribution in [3.05, 3.63) is 35.7 Å². The van der Waals surface area contributed by atoms with Crippen molar-refractivity contribution in [2.24, 2.45) is 0 Å². The number of H-pyrrole nitrogens is 1. The van der Waals surface area contributed by atoms with E-state index >= 15 is 0 Å². The number of carbonyl (C=O) groups is 1. The highest BCUT2D eigenvalue weighted by atomic mass is 32.1. The first kappa shape index (κ1) is 14.2. The largest absolute Gasteiger partial charge is 0.463 e. The number of esters is 1. The molecular weight excluding hydrogens is 298 g/mol. The molecule has 0 amide bonds. The predicted octanol–water partition coefficient (Wildman–Crippen LogP) is 2.35. The van der Waals surface area contributed by atoms with E-state index in [4.69, 9.17) is 17.0 Å². The minimum Gasteiger partial charge on any atom is -0.463 e. The van der Waals surface area contributed by atoms with E-state index in [1.807, 2.05) is 11.5 Å². The zero-order valence-corrected chi connectivity index (χ0v) is 13.0. The van der Waals surface area contributed by atoms with Gasteiger partial charge in [-0.15, -0.1) is 22.7 Å². The number of aromatic amines is 1. The molecular formula is C13H13NO2S3. The summed E-state index contributed by atoms with van der Waals surface area (Å²) in [4.78, 5) is 15.7. The van der Waals surface area contributed by atoms with Crippen LogP contribution in [0.25, 0.3) is 12.2 Å². The summed E-state index contributed by atoms with van der Waals surface area (Å²) in [6, 6.07) is 2.07. The van der Waals surface area contributed by atoms with Gasteiger partial charge in [0.2, 0.25) is 0 Å². The third-order valence-corrected chi connectivity index (χ3v) is 4.58. The van der Waals surface area contributed by atoms with E-state index in [9.17, 15) is 4.79 Å². The van der Waals surface area contributed by atoms with Crippen molar-refractivity contribution in [2.75, 3.05) is 6.61 Å². The minimum atomic E-state index is -0.357. The molecule has 0 aromatic carbocycles. The maximum Gasteiger partial charge on any atom is 0.332 e. The van der Waals surface area contributed by atoms with Crippen molar-refractivity contribution in [1.29, 1.82) is 0 Å². The second kappa shape index (κ2) is 6.27. The summed E-state index contributed by atoms with van der Waals surface area (Å²) in [6.07, 6.45) is 3.49. The van der Waals surface area contributed by atoms with Gasteiger partial charge in [-0.1, -0.05) is 0 Å². The molecule has 2 rings (SSSR count). The molecule has 6 heteroatoms. The summed E-state index contributed by atoms with van der Waals surface area (Å²) >= 11 is 8.26. The Morgan fingerprint density at radius 3 is 3.00 bits per heavy atom.